The lowest BCUT2D eigenvalue weighted by atomic mass is 9.86. The molecule has 2 atom stereocenters. The molecule has 22 heavy (non-hydrogen) atoms. The Morgan fingerprint density at radius 2 is 2.09 bits per heavy atom. The minimum absolute atomic E-state index is 0.0520. The van der Waals surface area contributed by atoms with E-state index in [4.69, 9.17) is 4.74 Å². The Bertz CT molecular complexity index is 525. The van der Waals surface area contributed by atoms with Crippen LogP contribution in [0.2, 0.25) is 0 Å². The summed E-state index contributed by atoms with van der Waals surface area (Å²) in [5, 5.41) is 8.15. The number of halogens is 2. The number of hydrogen-bond donors (Lipinski definition) is 0. The fourth-order valence-electron chi connectivity index (χ4n) is 4.07. The van der Waals surface area contributed by atoms with Crippen molar-refractivity contribution in [2.45, 2.75) is 56.8 Å². The number of rotatable bonds is 2. The molecule has 0 radical (unpaired) electrons. The van der Waals surface area contributed by atoms with E-state index in [1.165, 1.54) is 0 Å². The van der Waals surface area contributed by atoms with Crippen molar-refractivity contribution in [3.05, 3.63) is 11.9 Å². The second-order valence-corrected chi connectivity index (χ2v) is 6.93. The summed E-state index contributed by atoms with van der Waals surface area (Å²) < 4.78 is 34.4. The zero-order valence-electron chi connectivity index (χ0n) is 12.6. The van der Waals surface area contributed by atoms with Gasteiger partial charge < -0.3 is 9.64 Å². The Morgan fingerprint density at radius 3 is 2.91 bits per heavy atom. The fraction of sp³-hybridized carbons (Fsp3) is 0.867. The smallest absolute Gasteiger partial charge is 0.248 e. The second-order valence-electron chi connectivity index (χ2n) is 6.93. The fourth-order valence-corrected chi connectivity index (χ4v) is 4.07. The summed E-state index contributed by atoms with van der Waals surface area (Å²) >= 11 is 0. The molecule has 1 aliphatic carbocycles. The van der Waals surface area contributed by atoms with E-state index in [9.17, 15) is 8.78 Å². The van der Waals surface area contributed by atoms with E-state index >= 15 is 0 Å². The third-order valence-corrected chi connectivity index (χ3v) is 5.37. The van der Waals surface area contributed by atoms with Gasteiger partial charge in [-0.1, -0.05) is 5.21 Å². The molecule has 122 valence electrons. The molecular weight excluding hydrogens is 290 g/mol. The van der Waals surface area contributed by atoms with Crippen molar-refractivity contribution in [3.63, 3.8) is 0 Å². The Hall–Kier alpha value is -1.08. The zero-order valence-corrected chi connectivity index (χ0v) is 12.6. The van der Waals surface area contributed by atoms with Gasteiger partial charge in [0.2, 0.25) is 5.92 Å². The summed E-state index contributed by atoms with van der Waals surface area (Å²) in [6.07, 6.45) is 4.30. The van der Waals surface area contributed by atoms with Crippen molar-refractivity contribution in [1.29, 1.82) is 0 Å². The lowest BCUT2D eigenvalue weighted by molar-refractivity contribution is -0.0785. The molecule has 3 heterocycles. The number of ether oxygens (including phenoxy) is 1. The van der Waals surface area contributed by atoms with E-state index in [-0.39, 0.29) is 25.0 Å². The predicted octanol–water partition coefficient (Wildman–Crippen LogP) is 2.25. The first-order valence-electron chi connectivity index (χ1n) is 8.21. The first-order chi connectivity index (χ1) is 10.6. The van der Waals surface area contributed by atoms with Crippen molar-refractivity contribution < 1.29 is 13.5 Å². The monoisotopic (exact) mass is 312 g/mol. The summed E-state index contributed by atoms with van der Waals surface area (Å²) in [6, 6.07) is 0.276. The molecule has 1 saturated carbocycles. The number of fused-ring (bicyclic) bond motifs is 3. The van der Waals surface area contributed by atoms with Gasteiger partial charge in [0.15, 0.2) is 0 Å². The van der Waals surface area contributed by atoms with E-state index in [1.54, 1.807) is 6.20 Å². The molecular formula is C15H22F2N4O. The number of aromatic nitrogens is 3. The van der Waals surface area contributed by atoms with Crippen molar-refractivity contribution in [1.82, 2.24) is 19.9 Å². The molecule has 7 heteroatoms. The van der Waals surface area contributed by atoms with Crippen LogP contribution in [0.4, 0.5) is 8.78 Å². The third kappa shape index (κ3) is 2.76. The van der Waals surface area contributed by atoms with Gasteiger partial charge in [0.1, 0.15) is 0 Å². The van der Waals surface area contributed by atoms with Gasteiger partial charge in [0, 0.05) is 32.5 Å². The Labute approximate surface area is 128 Å². The van der Waals surface area contributed by atoms with Gasteiger partial charge in [-0.3, -0.25) is 0 Å². The van der Waals surface area contributed by atoms with Crippen molar-refractivity contribution in [2.24, 2.45) is 5.92 Å². The number of hydrogen-bond acceptors (Lipinski definition) is 4. The van der Waals surface area contributed by atoms with Crippen LogP contribution in [0, 0.1) is 5.92 Å². The average Bonchev–Trinajstić information content (AvgIpc) is 2.98. The SMILES string of the molecule is FC1(F)CCC(CN2CC[C@H]3[C@H](C2)OCc2cnnn23)CC1. The van der Waals surface area contributed by atoms with E-state index < -0.39 is 5.92 Å². The highest BCUT2D eigenvalue weighted by molar-refractivity contribution is 5.01. The van der Waals surface area contributed by atoms with Gasteiger partial charge in [0.25, 0.3) is 0 Å². The van der Waals surface area contributed by atoms with Crippen molar-refractivity contribution in [2.75, 3.05) is 19.6 Å². The Balaban J connectivity index is 1.34. The minimum Gasteiger partial charge on any atom is -0.368 e. The molecule has 5 nitrogen and oxygen atoms in total. The number of likely N-dealkylation sites (tertiary alicyclic amines) is 1. The number of alkyl halides is 2. The molecule has 0 amide bonds. The maximum Gasteiger partial charge on any atom is 0.248 e. The van der Waals surface area contributed by atoms with Gasteiger partial charge >= 0.3 is 0 Å². The molecule has 1 aromatic rings. The zero-order chi connectivity index (χ0) is 15.2. The topological polar surface area (TPSA) is 43.2 Å². The summed E-state index contributed by atoms with van der Waals surface area (Å²) in [6.45, 7) is 3.35. The lowest BCUT2D eigenvalue weighted by Crippen LogP contribution is -2.49. The van der Waals surface area contributed by atoms with Gasteiger partial charge in [0.05, 0.1) is 30.6 Å². The molecule has 2 aliphatic heterocycles. The first-order valence-corrected chi connectivity index (χ1v) is 8.21. The van der Waals surface area contributed by atoms with Gasteiger partial charge in [-0.05, 0) is 25.2 Å². The minimum atomic E-state index is -2.43. The van der Waals surface area contributed by atoms with Crippen LogP contribution in [0.15, 0.2) is 6.20 Å². The van der Waals surface area contributed by atoms with Crippen LogP contribution in [0.1, 0.15) is 43.8 Å². The summed E-state index contributed by atoms with van der Waals surface area (Å²) in [5.74, 6) is -2.03. The van der Waals surface area contributed by atoms with Crippen LogP contribution in [0.25, 0.3) is 0 Å². The average molecular weight is 312 g/mol. The van der Waals surface area contributed by atoms with Crippen LogP contribution < -0.4 is 0 Å². The predicted molar refractivity (Wildman–Crippen MR) is 75.6 cm³/mol. The highest BCUT2D eigenvalue weighted by atomic mass is 19.3. The Morgan fingerprint density at radius 1 is 1.27 bits per heavy atom. The van der Waals surface area contributed by atoms with Gasteiger partial charge in [-0.15, -0.1) is 5.10 Å². The summed E-state index contributed by atoms with van der Waals surface area (Å²) in [7, 11) is 0. The van der Waals surface area contributed by atoms with E-state index in [0.717, 1.165) is 31.7 Å². The van der Waals surface area contributed by atoms with Crippen LogP contribution >= 0.6 is 0 Å². The number of nitrogens with zero attached hydrogens (tertiary/aromatic N) is 4. The van der Waals surface area contributed by atoms with Gasteiger partial charge in [-0.25, -0.2) is 13.5 Å². The van der Waals surface area contributed by atoms with E-state index in [2.05, 4.69) is 15.2 Å². The van der Waals surface area contributed by atoms with Gasteiger partial charge in [-0.2, -0.15) is 0 Å². The molecule has 0 spiro atoms. The lowest BCUT2D eigenvalue weighted by Gasteiger charge is -2.42. The third-order valence-electron chi connectivity index (χ3n) is 5.37. The van der Waals surface area contributed by atoms with E-state index in [0.29, 0.717) is 25.4 Å². The van der Waals surface area contributed by atoms with Crippen LogP contribution in [-0.2, 0) is 11.3 Å². The first kappa shape index (κ1) is 14.5. The molecule has 3 aliphatic rings. The maximum atomic E-state index is 13.2. The van der Waals surface area contributed by atoms with Crippen molar-refractivity contribution in [3.8, 4) is 0 Å². The van der Waals surface area contributed by atoms with Crippen molar-refractivity contribution >= 4 is 0 Å². The summed E-state index contributed by atoms with van der Waals surface area (Å²) in [4.78, 5) is 2.39. The standard InChI is InChI=1S/C15H22F2N4O/c16-15(17)4-1-11(2-5-15)8-20-6-3-13-14(9-20)22-10-12-7-18-19-21(12)13/h7,11,13-14H,1-6,8-10H2/t13-,14-/m0/s1. The molecule has 0 N–H and O–H groups in total. The second kappa shape index (κ2) is 5.53. The normalized spacial score (nSPS) is 32.5. The largest absolute Gasteiger partial charge is 0.368 e. The molecule has 0 unspecified atom stereocenters. The number of piperidine rings is 1. The molecule has 0 aromatic carbocycles. The van der Waals surface area contributed by atoms with Crippen LogP contribution in [0.5, 0.6) is 0 Å². The van der Waals surface area contributed by atoms with Crippen LogP contribution in [0.3, 0.4) is 0 Å². The molecule has 2 fully saturated rings. The molecule has 4 rings (SSSR count). The van der Waals surface area contributed by atoms with Crippen LogP contribution in [-0.4, -0.2) is 51.6 Å². The molecule has 1 saturated heterocycles. The highest BCUT2D eigenvalue weighted by Crippen LogP contribution is 2.37. The summed E-state index contributed by atoms with van der Waals surface area (Å²) in [5.41, 5.74) is 1.05. The molecule has 1 aromatic heterocycles. The molecule has 0 bridgehead atoms. The Kier molecular flexibility index (Phi) is 3.64. The quantitative estimate of drug-likeness (QED) is 0.840. The maximum absolute atomic E-state index is 13.2. The van der Waals surface area contributed by atoms with E-state index in [1.807, 2.05) is 4.68 Å². The highest BCUT2D eigenvalue weighted by Gasteiger charge is 2.39.